The van der Waals surface area contributed by atoms with Crippen molar-refractivity contribution in [2.45, 2.75) is 71.8 Å². The number of rotatable bonds is 2. The van der Waals surface area contributed by atoms with Crippen LogP contribution in [0.4, 0.5) is 0 Å². The molecule has 0 N–H and O–H groups in total. The summed E-state index contributed by atoms with van der Waals surface area (Å²) in [5, 5.41) is 0. The van der Waals surface area contributed by atoms with E-state index in [1.807, 2.05) is 6.08 Å². The van der Waals surface area contributed by atoms with Crippen molar-refractivity contribution in [1.29, 1.82) is 0 Å². The molecule has 0 aliphatic heterocycles. The van der Waals surface area contributed by atoms with Crippen molar-refractivity contribution in [1.82, 2.24) is 0 Å². The van der Waals surface area contributed by atoms with Crippen LogP contribution < -0.4 is 0 Å². The van der Waals surface area contributed by atoms with E-state index in [4.69, 9.17) is 4.74 Å². The molecule has 0 aromatic heterocycles. The average molecular weight is 370 g/mol. The molecule has 4 nitrogen and oxygen atoms in total. The first-order valence-electron chi connectivity index (χ1n) is 10.3. The van der Waals surface area contributed by atoms with Gasteiger partial charge in [-0.05, 0) is 75.4 Å². The summed E-state index contributed by atoms with van der Waals surface area (Å²) in [4.78, 5) is 36.4. The summed E-state index contributed by atoms with van der Waals surface area (Å²) in [7, 11) is 0. The Bertz CT molecular complexity index is 777. The van der Waals surface area contributed by atoms with E-state index in [2.05, 4.69) is 19.9 Å². The van der Waals surface area contributed by atoms with E-state index in [9.17, 15) is 14.4 Å². The zero-order valence-corrected chi connectivity index (χ0v) is 16.8. The third-order valence-electron chi connectivity index (χ3n) is 8.56. The van der Waals surface area contributed by atoms with Crippen LogP contribution in [-0.4, -0.2) is 23.1 Å². The molecular formula is C23H30O4. The second-order valence-corrected chi connectivity index (χ2v) is 9.58. The number of Topliss-reactive ketones (excluding diaryl/α,β-unsaturated/α-hetero) is 1. The first-order valence-corrected chi connectivity index (χ1v) is 10.3. The van der Waals surface area contributed by atoms with Crippen LogP contribution in [0.1, 0.15) is 66.2 Å². The number of hydrogen-bond acceptors (Lipinski definition) is 4. The normalized spacial score (nSPS) is 45.4. The molecule has 0 radical (unpaired) electrons. The maximum atomic E-state index is 12.7. The second-order valence-electron chi connectivity index (χ2n) is 9.58. The fourth-order valence-corrected chi connectivity index (χ4v) is 7.26. The van der Waals surface area contributed by atoms with Gasteiger partial charge in [0.2, 0.25) is 0 Å². The van der Waals surface area contributed by atoms with Gasteiger partial charge in [0.15, 0.2) is 17.2 Å². The largest absolute Gasteiger partial charge is 0.451 e. The van der Waals surface area contributed by atoms with Crippen molar-refractivity contribution in [2.24, 2.45) is 28.6 Å². The van der Waals surface area contributed by atoms with Gasteiger partial charge in [-0.3, -0.25) is 14.4 Å². The van der Waals surface area contributed by atoms with Gasteiger partial charge in [-0.25, -0.2) is 0 Å². The van der Waals surface area contributed by atoms with Crippen molar-refractivity contribution in [3.8, 4) is 0 Å². The molecule has 4 rings (SSSR count). The monoisotopic (exact) mass is 370 g/mol. The molecule has 0 saturated heterocycles. The van der Waals surface area contributed by atoms with Gasteiger partial charge >= 0.3 is 5.97 Å². The highest BCUT2D eigenvalue weighted by Gasteiger charge is 2.67. The number of hydrogen-bond donors (Lipinski definition) is 0. The number of carbonyl (C=O) groups excluding carboxylic acids is 3. The maximum absolute atomic E-state index is 12.7. The Morgan fingerprint density at radius 3 is 2.44 bits per heavy atom. The summed E-state index contributed by atoms with van der Waals surface area (Å²) in [6.45, 7) is 7.45. The van der Waals surface area contributed by atoms with E-state index in [0.717, 1.165) is 32.1 Å². The van der Waals surface area contributed by atoms with Gasteiger partial charge in [0.05, 0.1) is 0 Å². The Hall–Kier alpha value is -1.71. The van der Waals surface area contributed by atoms with Crippen LogP contribution in [-0.2, 0) is 19.1 Å². The zero-order chi connectivity index (χ0) is 19.6. The van der Waals surface area contributed by atoms with E-state index in [0.29, 0.717) is 24.2 Å². The maximum Gasteiger partial charge on any atom is 0.303 e. The number of carbonyl (C=O) groups is 3. The number of allylic oxidation sites excluding steroid dienone is 4. The average Bonchev–Trinajstić information content (AvgIpc) is 2.89. The Morgan fingerprint density at radius 2 is 1.78 bits per heavy atom. The van der Waals surface area contributed by atoms with Crippen LogP contribution in [0, 0.1) is 28.6 Å². The molecule has 0 heterocycles. The molecule has 4 aliphatic rings. The fraction of sp³-hybridized carbons (Fsp3) is 0.696. The van der Waals surface area contributed by atoms with Crippen LogP contribution >= 0.6 is 0 Å². The minimum absolute atomic E-state index is 0.00749. The number of ether oxygens (including phenoxy) is 1. The van der Waals surface area contributed by atoms with Gasteiger partial charge in [-0.2, -0.15) is 0 Å². The summed E-state index contributed by atoms with van der Waals surface area (Å²) in [6.07, 6.45) is 11.2. The van der Waals surface area contributed by atoms with Gasteiger partial charge in [0, 0.05) is 17.8 Å². The summed E-state index contributed by atoms with van der Waals surface area (Å²) in [5.41, 5.74) is -0.0433. The van der Waals surface area contributed by atoms with Crippen molar-refractivity contribution >= 4 is 17.5 Å². The summed E-state index contributed by atoms with van der Waals surface area (Å²) in [5.74, 6) is 1.10. The van der Waals surface area contributed by atoms with Crippen LogP contribution in [0.15, 0.2) is 23.8 Å². The molecule has 3 fully saturated rings. The molecule has 4 heteroatoms. The Balaban J connectivity index is 1.71. The van der Waals surface area contributed by atoms with Gasteiger partial charge in [-0.1, -0.05) is 25.5 Å². The van der Waals surface area contributed by atoms with Gasteiger partial charge < -0.3 is 4.74 Å². The van der Waals surface area contributed by atoms with E-state index >= 15 is 0 Å². The predicted molar refractivity (Wildman–Crippen MR) is 102 cm³/mol. The Kier molecular flexibility index (Phi) is 4.07. The highest BCUT2D eigenvalue weighted by Crippen LogP contribution is 2.67. The van der Waals surface area contributed by atoms with E-state index in [1.54, 1.807) is 13.0 Å². The predicted octanol–water partition coefficient (Wildman–Crippen LogP) is 4.19. The topological polar surface area (TPSA) is 60.4 Å². The van der Waals surface area contributed by atoms with E-state index in [1.165, 1.54) is 12.5 Å². The van der Waals surface area contributed by atoms with Gasteiger partial charge in [0.1, 0.15) is 0 Å². The molecule has 0 aromatic carbocycles. The number of fused-ring (bicyclic) bond motifs is 5. The number of esters is 1. The van der Waals surface area contributed by atoms with Crippen LogP contribution in [0.25, 0.3) is 0 Å². The minimum atomic E-state index is -0.968. The van der Waals surface area contributed by atoms with Crippen molar-refractivity contribution in [3.63, 3.8) is 0 Å². The Morgan fingerprint density at radius 1 is 1.07 bits per heavy atom. The highest BCUT2D eigenvalue weighted by molar-refractivity contribution is 6.01. The lowest BCUT2D eigenvalue weighted by Crippen LogP contribution is -2.58. The SMILES string of the molecule is CC(=O)OC1(C(C)=O)CCC2C3CCC4=CC(=O)C=C[C@]4(C)C3CC[C@@]21C. The Labute approximate surface area is 161 Å². The molecule has 3 saturated carbocycles. The number of ketones is 2. The van der Waals surface area contributed by atoms with Crippen LogP contribution in [0.2, 0.25) is 0 Å². The molecule has 0 bridgehead atoms. The standard InChI is InChI=1S/C23H30O4/c1-14(24)23(27-15(2)25)12-9-20-18-6-5-16-13-17(26)7-10-21(16,3)19(18)8-11-22(20,23)4/h7,10,13,18-20H,5-6,8-9,11-12H2,1-4H3/t18?,19?,20?,21-,22-,23?/m0/s1. The third kappa shape index (κ3) is 2.37. The molecule has 146 valence electrons. The lowest BCUT2D eigenvalue weighted by Gasteiger charge is -2.58. The molecule has 27 heavy (non-hydrogen) atoms. The lowest BCUT2D eigenvalue weighted by atomic mass is 9.47. The van der Waals surface area contributed by atoms with Gasteiger partial charge in [-0.15, -0.1) is 0 Å². The quantitative estimate of drug-likeness (QED) is 0.684. The van der Waals surface area contributed by atoms with Crippen molar-refractivity contribution in [3.05, 3.63) is 23.8 Å². The zero-order valence-electron chi connectivity index (χ0n) is 16.8. The summed E-state index contributed by atoms with van der Waals surface area (Å²) in [6, 6.07) is 0. The third-order valence-corrected chi connectivity index (χ3v) is 8.56. The lowest BCUT2D eigenvalue weighted by molar-refractivity contribution is -0.186. The molecular weight excluding hydrogens is 340 g/mol. The molecule has 0 spiro atoms. The first kappa shape index (κ1) is 18.6. The molecule has 4 aliphatic carbocycles. The summed E-state index contributed by atoms with van der Waals surface area (Å²) < 4.78 is 5.80. The first-order chi connectivity index (χ1) is 12.6. The minimum Gasteiger partial charge on any atom is -0.451 e. The van der Waals surface area contributed by atoms with E-state index < -0.39 is 5.60 Å². The van der Waals surface area contributed by atoms with Crippen LogP contribution in [0.5, 0.6) is 0 Å². The molecule has 4 unspecified atom stereocenters. The highest BCUT2D eigenvalue weighted by atomic mass is 16.6. The summed E-state index contributed by atoms with van der Waals surface area (Å²) >= 11 is 0. The van der Waals surface area contributed by atoms with Crippen LogP contribution in [0.3, 0.4) is 0 Å². The van der Waals surface area contributed by atoms with E-state index in [-0.39, 0.29) is 28.4 Å². The fourth-order valence-electron chi connectivity index (χ4n) is 7.26. The molecule has 0 amide bonds. The van der Waals surface area contributed by atoms with Crippen molar-refractivity contribution in [2.75, 3.05) is 0 Å². The smallest absolute Gasteiger partial charge is 0.303 e. The van der Waals surface area contributed by atoms with Gasteiger partial charge in [0.25, 0.3) is 0 Å². The second kappa shape index (κ2) is 5.89. The van der Waals surface area contributed by atoms with Crippen molar-refractivity contribution < 1.29 is 19.1 Å². The molecule has 6 atom stereocenters. The molecule has 0 aromatic rings.